The molecule has 0 aromatic heterocycles. The molecular formula is C19H31N3O4. The summed E-state index contributed by atoms with van der Waals surface area (Å²) >= 11 is 0. The highest BCUT2D eigenvalue weighted by molar-refractivity contribution is 5.89. The molecule has 3 saturated heterocycles. The molecule has 1 aliphatic carbocycles. The molecule has 26 heavy (non-hydrogen) atoms. The average Bonchev–Trinajstić information content (AvgIpc) is 3.13. The monoisotopic (exact) mass is 365 g/mol. The van der Waals surface area contributed by atoms with Crippen molar-refractivity contribution in [2.75, 3.05) is 0 Å². The van der Waals surface area contributed by atoms with Gasteiger partial charge in [0, 0.05) is 6.04 Å². The zero-order valence-corrected chi connectivity index (χ0v) is 15.2. The minimum absolute atomic E-state index is 0.0995. The number of nitrogens with two attached hydrogens (primary N) is 1. The largest absolute Gasteiger partial charge is 0.481 e. The van der Waals surface area contributed by atoms with Crippen molar-refractivity contribution < 1.29 is 19.4 Å². The van der Waals surface area contributed by atoms with Crippen LogP contribution in [-0.4, -0.2) is 47.4 Å². The first-order valence-electron chi connectivity index (χ1n) is 10.2. The van der Waals surface area contributed by atoms with E-state index >= 15 is 0 Å². The second kappa shape index (κ2) is 7.54. The molecule has 0 aromatic carbocycles. The van der Waals surface area contributed by atoms with Crippen molar-refractivity contribution in [2.45, 2.75) is 88.4 Å². The van der Waals surface area contributed by atoms with Gasteiger partial charge >= 0.3 is 5.97 Å². The van der Waals surface area contributed by atoms with Crippen molar-refractivity contribution in [3.8, 4) is 0 Å². The van der Waals surface area contributed by atoms with E-state index in [1.54, 1.807) is 0 Å². The van der Waals surface area contributed by atoms with Gasteiger partial charge in [-0.2, -0.15) is 0 Å². The lowest BCUT2D eigenvalue weighted by Gasteiger charge is -2.49. The predicted octanol–water partition coefficient (Wildman–Crippen LogP) is 0.966. The summed E-state index contributed by atoms with van der Waals surface area (Å²) in [7, 11) is 0. The Bertz CT molecular complexity index is 551. The van der Waals surface area contributed by atoms with Crippen molar-refractivity contribution >= 4 is 11.8 Å². The topological polar surface area (TPSA) is 114 Å². The Kier molecular flexibility index (Phi) is 5.32. The van der Waals surface area contributed by atoms with Crippen LogP contribution in [0.3, 0.4) is 0 Å². The van der Waals surface area contributed by atoms with Crippen molar-refractivity contribution in [2.24, 2.45) is 23.5 Å². The van der Waals surface area contributed by atoms with E-state index in [4.69, 9.17) is 10.5 Å². The summed E-state index contributed by atoms with van der Waals surface area (Å²) in [6, 6.07) is 0.0687. The fourth-order valence-corrected chi connectivity index (χ4v) is 5.39. The number of hydrogen-bond donors (Lipinski definition) is 4. The highest BCUT2D eigenvalue weighted by atomic mass is 16.5. The van der Waals surface area contributed by atoms with E-state index < -0.39 is 30.2 Å². The summed E-state index contributed by atoms with van der Waals surface area (Å²) in [4.78, 5) is 24.5. The molecule has 0 radical (unpaired) electrons. The molecule has 0 spiro atoms. The van der Waals surface area contributed by atoms with E-state index in [0.29, 0.717) is 6.04 Å². The third-order valence-electron chi connectivity index (χ3n) is 6.96. The van der Waals surface area contributed by atoms with Gasteiger partial charge in [-0.3, -0.25) is 14.9 Å². The minimum atomic E-state index is -0.954. The number of ketones is 1. The number of ether oxygens (including phenoxy) is 1. The van der Waals surface area contributed by atoms with Gasteiger partial charge in [-0.1, -0.05) is 25.7 Å². The van der Waals surface area contributed by atoms with Gasteiger partial charge in [-0.25, -0.2) is 0 Å². The van der Waals surface area contributed by atoms with Gasteiger partial charge in [0.2, 0.25) is 0 Å². The number of hydrogen-bond acceptors (Lipinski definition) is 6. The van der Waals surface area contributed by atoms with Crippen LogP contribution in [-0.2, 0) is 14.3 Å². The average molecular weight is 365 g/mol. The fraction of sp³-hybridized carbons (Fsp3) is 0.895. The van der Waals surface area contributed by atoms with Crippen LogP contribution in [0.4, 0.5) is 0 Å². The standard InChI is InChI=1S/C19H31N3O4/c20-17-13(19(24)25)9-12-16(23)15-14(26-18(12)22-17)8-7-11(21-15)6-5-10-3-1-2-4-10/h10-15,17-18,21-22H,1-9,20H2,(H,24,25). The molecule has 4 aliphatic rings. The molecule has 4 fully saturated rings. The number of carboxylic acid groups (broad SMARTS) is 1. The number of piperidine rings is 2. The first-order chi connectivity index (χ1) is 12.5. The molecule has 0 aromatic rings. The van der Waals surface area contributed by atoms with Gasteiger partial charge in [0.1, 0.15) is 6.23 Å². The third-order valence-corrected chi connectivity index (χ3v) is 6.96. The summed E-state index contributed by atoms with van der Waals surface area (Å²) in [5.41, 5.74) is 5.92. The lowest BCUT2D eigenvalue weighted by molar-refractivity contribution is -0.175. The van der Waals surface area contributed by atoms with Crippen LogP contribution in [0.2, 0.25) is 0 Å². The molecule has 4 rings (SSSR count). The molecule has 7 nitrogen and oxygen atoms in total. The van der Waals surface area contributed by atoms with Crippen LogP contribution in [0.5, 0.6) is 0 Å². The molecule has 7 heteroatoms. The Morgan fingerprint density at radius 3 is 2.65 bits per heavy atom. The number of carboxylic acids is 1. The maximum atomic E-state index is 13.1. The van der Waals surface area contributed by atoms with Gasteiger partial charge in [-0.05, 0) is 38.0 Å². The second-order valence-corrected chi connectivity index (χ2v) is 8.62. The van der Waals surface area contributed by atoms with E-state index in [2.05, 4.69) is 10.6 Å². The van der Waals surface area contributed by atoms with Crippen molar-refractivity contribution in [3.63, 3.8) is 0 Å². The molecule has 0 bridgehead atoms. The highest BCUT2D eigenvalue weighted by Gasteiger charge is 2.51. The van der Waals surface area contributed by atoms with Gasteiger partial charge in [-0.15, -0.1) is 0 Å². The molecule has 0 amide bonds. The predicted molar refractivity (Wildman–Crippen MR) is 95.1 cm³/mol. The number of carbonyl (C=O) groups excluding carboxylic acids is 1. The first kappa shape index (κ1) is 18.3. The Balaban J connectivity index is 1.37. The summed E-state index contributed by atoms with van der Waals surface area (Å²) in [5, 5.41) is 15.9. The maximum absolute atomic E-state index is 13.1. The summed E-state index contributed by atoms with van der Waals surface area (Å²) in [6.45, 7) is 0. The van der Waals surface area contributed by atoms with Crippen LogP contribution in [0.15, 0.2) is 0 Å². The Morgan fingerprint density at radius 2 is 1.92 bits per heavy atom. The van der Waals surface area contributed by atoms with Crippen LogP contribution in [0.25, 0.3) is 0 Å². The van der Waals surface area contributed by atoms with E-state index in [-0.39, 0.29) is 24.3 Å². The van der Waals surface area contributed by atoms with E-state index in [1.807, 2.05) is 0 Å². The summed E-state index contributed by atoms with van der Waals surface area (Å²) in [6.07, 6.45) is 8.71. The number of nitrogens with one attached hydrogen (secondary N) is 2. The van der Waals surface area contributed by atoms with Crippen molar-refractivity contribution in [1.82, 2.24) is 10.6 Å². The number of rotatable bonds is 4. The highest BCUT2D eigenvalue weighted by Crippen LogP contribution is 2.36. The van der Waals surface area contributed by atoms with Crippen LogP contribution < -0.4 is 16.4 Å². The minimum Gasteiger partial charge on any atom is -0.481 e. The number of fused-ring (bicyclic) bond motifs is 2. The molecule has 7 unspecified atom stereocenters. The van der Waals surface area contributed by atoms with Gasteiger partial charge in [0.15, 0.2) is 5.78 Å². The molecule has 3 heterocycles. The van der Waals surface area contributed by atoms with Crippen LogP contribution >= 0.6 is 0 Å². The molecule has 3 aliphatic heterocycles. The lowest BCUT2D eigenvalue weighted by atomic mass is 9.77. The van der Waals surface area contributed by atoms with E-state index in [9.17, 15) is 14.7 Å². The van der Waals surface area contributed by atoms with Gasteiger partial charge in [0.25, 0.3) is 0 Å². The number of aliphatic carboxylic acids is 1. The summed E-state index contributed by atoms with van der Waals surface area (Å²) < 4.78 is 6.12. The smallest absolute Gasteiger partial charge is 0.309 e. The SMILES string of the molecule is NC1NC2OC3CCC(CCC4CCCC4)NC3C(=O)C2CC1C(=O)O. The van der Waals surface area contributed by atoms with Crippen molar-refractivity contribution in [1.29, 1.82) is 0 Å². The first-order valence-corrected chi connectivity index (χ1v) is 10.2. The fourth-order valence-electron chi connectivity index (χ4n) is 5.39. The van der Waals surface area contributed by atoms with Gasteiger partial charge < -0.3 is 20.9 Å². The van der Waals surface area contributed by atoms with Gasteiger partial charge in [0.05, 0.1) is 30.1 Å². The van der Waals surface area contributed by atoms with Crippen LogP contribution in [0, 0.1) is 17.8 Å². The molecule has 7 atom stereocenters. The lowest BCUT2D eigenvalue weighted by Crippen LogP contribution is -2.69. The Labute approximate surface area is 154 Å². The quantitative estimate of drug-likeness (QED) is 0.587. The maximum Gasteiger partial charge on any atom is 0.309 e. The zero-order chi connectivity index (χ0) is 18.3. The Hall–Kier alpha value is -1.02. The number of Topliss-reactive ketones (excluding diaryl/α,β-unsaturated/α-hetero) is 1. The third kappa shape index (κ3) is 3.54. The summed E-state index contributed by atoms with van der Waals surface area (Å²) in [5.74, 6) is -1.18. The molecule has 1 saturated carbocycles. The van der Waals surface area contributed by atoms with Crippen LogP contribution in [0.1, 0.15) is 57.8 Å². The second-order valence-electron chi connectivity index (χ2n) is 8.62. The van der Waals surface area contributed by atoms with Crippen molar-refractivity contribution in [3.05, 3.63) is 0 Å². The van der Waals surface area contributed by atoms with E-state index in [0.717, 1.165) is 25.2 Å². The zero-order valence-electron chi connectivity index (χ0n) is 15.2. The normalized spacial score (nSPS) is 43.7. The molecule has 5 N–H and O–H groups in total. The molecular weight excluding hydrogens is 334 g/mol. The molecule has 146 valence electrons. The van der Waals surface area contributed by atoms with E-state index in [1.165, 1.54) is 32.1 Å². The number of carbonyl (C=O) groups is 2. The Morgan fingerprint density at radius 1 is 1.15 bits per heavy atom.